The summed E-state index contributed by atoms with van der Waals surface area (Å²) in [6, 6.07) is 10.3. The smallest absolute Gasteiger partial charge is 0.0707 e. The molecule has 5 aromatic rings. The average molecular weight is 430 g/mol. The largest absolute Gasteiger partial charge is 0.339 e. The molecule has 0 bridgehead atoms. The van der Waals surface area contributed by atoms with Crippen LogP contribution in [0.25, 0.3) is 32.9 Å². The van der Waals surface area contributed by atoms with Gasteiger partial charge in [-0.15, -0.1) is 0 Å². The van der Waals surface area contributed by atoms with Crippen molar-refractivity contribution in [3.8, 4) is 11.1 Å². The van der Waals surface area contributed by atoms with E-state index < -0.39 is 0 Å². The number of nitrogens with zero attached hydrogens (tertiary/aromatic N) is 5. The number of fused-ring (bicyclic) bond motifs is 3. The summed E-state index contributed by atoms with van der Waals surface area (Å²) in [4.78, 5) is 9.10. The van der Waals surface area contributed by atoms with Crippen molar-refractivity contribution in [2.75, 3.05) is 0 Å². The Labute approximate surface area is 186 Å². The number of aromatic nitrogens is 5. The van der Waals surface area contributed by atoms with Gasteiger partial charge in [-0.1, -0.05) is 17.7 Å². The third-order valence-electron chi connectivity index (χ3n) is 5.94. The Morgan fingerprint density at radius 1 is 0.968 bits per heavy atom. The molecule has 31 heavy (non-hydrogen) atoms. The molecule has 156 valence electrons. The van der Waals surface area contributed by atoms with Crippen molar-refractivity contribution >= 4 is 33.4 Å². The van der Waals surface area contributed by atoms with Gasteiger partial charge in [0.15, 0.2) is 0 Å². The molecule has 6 heteroatoms. The lowest BCUT2D eigenvalue weighted by molar-refractivity contribution is 0.680. The molecule has 1 aromatic carbocycles. The monoisotopic (exact) mass is 429 g/mol. The molecular weight excluding hydrogens is 406 g/mol. The minimum atomic E-state index is 0.683. The average Bonchev–Trinajstić information content (AvgIpc) is 3.33. The van der Waals surface area contributed by atoms with Crippen LogP contribution in [0.15, 0.2) is 48.9 Å². The van der Waals surface area contributed by atoms with Crippen LogP contribution in [-0.2, 0) is 13.1 Å². The molecule has 0 aliphatic heterocycles. The fourth-order valence-corrected chi connectivity index (χ4v) is 4.72. The highest BCUT2D eigenvalue weighted by atomic mass is 35.5. The molecule has 5 nitrogen and oxygen atoms in total. The minimum Gasteiger partial charge on any atom is -0.339 e. The summed E-state index contributed by atoms with van der Waals surface area (Å²) in [5.74, 6) is 0. The van der Waals surface area contributed by atoms with E-state index in [4.69, 9.17) is 11.6 Å². The molecule has 0 saturated carbocycles. The van der Waals surface area contributed by atoms with Crippen LogP contribution >= 0.6 is 11.6 Å². The zero-order valence-corrected chi connectivity index (χ0v) is 18.9. The number of benzene rings is 1. The van der Waals surface area contributed by atoms with Gasteiger partial charge in [0, 0.05) is 57.2 Å². The molecule has 0 fully saturated rings. The molecule has 0 spiro atoms. The van der Waals surface area contributed by atoms with E-state index in [9.17, 15) is 0 Å². The van der Waals surface area contributed by atoms with Crippen LogP contribution in [0.2, 0.25) is 5.02 Å². The van der Waals surface area contributed by atoms with E-state index in [1.54, 1.807) is 0 Å². The molecular formula is C25H24ClN5. The predicted octanol–water partition coefficient (Wildman–Crippen LogP) is 6.09. The van der Waals surface area contributed by atoms with Crippen molar-refractivity contribution in [3.05, 3.63) is 76.6 Å². The van der Waals surface area contributed by atoms with Crippen molar-refractivity contribution < 1.29 is 0 Å². The predicted molar refractivity (Wildman–Crippen MR) is 127 cm³/mol. The van der Waals surface area contributed by atoms with Crippen LogP contribution in [0.5, 0.6) is 0 Å². The highest BCUT2D eigenvalue weighted by Gasteiger charge is 2.18. The number of pyridine rings is 2. The second-order valence-electron chi connectivity index (χ2n) is 8.01. The molecule has 0 amide bonds. The van der Waals surface area contributed by atoms with Gasteiger partial charge in [0.25, 0.3) is 0 Å². The molecule has 0 N–H and O–H groups in total. The van der Waals surface area contributed by atoms with Crippen LogP contribution in [0.4, 0.5) is 0 Å². The normalized spacial score (nSPS) is 11.6. The maximum absolute atomic E-state index is 6.58. The Bertz CT molecular complexity index is 1440. The topological polar surface area (TPSA) is 48.5 Å². The van der Waals surface area contributed by atoms with Crippen LogP contribution in [-0.4, -0.2) is 24.3 Å². The fourth-order valence-electron chi connectivity index (χ4n) is 4.51. The molecule has 0 radical (unpaired) electrons. The molecule has 4 aromatic heterocycles. The highest BCUT2D eigenvalue weighted by Crippen LogP contribution is 2.38. The lowest BCUT2D eigenvalue weighted by atomic mass is 10.0. The van der Waals surface area contributed by atoms with Gasteiger partial charge in [-0.3, -0.25) is 14.6 Å². The summed E-state index contributed by atoms with van der Waals surface area (Å²) in [6.45, 7) is 9.82. The van der Waals surface area contributed by atoms with E-state index in [-0.39, 0.29) is 0 Å². The van der Waals surface area contributed by atoms with Crippen molar-refractivity contribution in [3.63, 3.8) is 0 Å². The molecule has 0 aliphatic carbocycles. The van der Waals surface area contributed by atoms with Gasteiger partial charge in [-0.05, 0) is 57.5 Å². The number of halogens is 1. The quantitative estimate of drug-likeness (QED) is 0.347. The van der Waals surface area contributed by atoms with E-state index in [0.717, 1.165) is 50.7 Å². The first-order valence-electron chi connectivity index (χ1n) is 10.5. The van der Waals surface area contributed by atoms with Gasteiger partial charge in [-0.25, -0.2) is 0 Å². The maximum Gasteiger partial charge on any atom is 0.0707 e. The Morgan fingerprint density at radius 3 is 2.58 bits per heavy atom. The van der Waals surface area contributed by atoms with Gasteiger partial charge >= 0.3 is 0 Å². The third-order valence-corrected chi connectivity index (χ3v) is 6.16. The zero-order chi connectivity index (χ0) is 21.7. The van der Waals surface area contributed by atoms with E-state index >= 15 is 0 Å². The van der Waals surface area contributed by atoms with Gasteiger partial charge in [-0.2, -0.15) is 5.10 Å². The van der Waals surface area contributed by atoms with Crippen molar-refractivity contribution in [1.29, 1.82) is 0 Å². The van der Waals surface area contributed by atoms with Crippen LogP contribution in [0.1, 0.15) is 29.6 Å². The third kappa shape index (κ3) is 3.29. The second-order valence-corrected chi connectivity index (χ2v) is 8.45. The molecule has 0 saturated heterocycles. The fraction of sp³-hybridized carbons (Fsp3) is 0.240. The lowest BCUT2D eigenvalue weighted by Gasteiger charge is -2.09. The Morgan fingerprint density at radius 2 is 1.81 bits per heavy atom. The SMILES string of the molecule is CCn1c2c(-c3cnn(Cc4ccc(C)nc4C)c3)cc(Cl)cc2c2ccnc(C)c21. The van der Waals surface area contributed by atoms with Gasteiger partial charge in [0.1, 0.15) is 0 Å². The Hall–Kier alpha value is -3.18. The van der Waals surface area contributed by atoms with E-state index in [1.165, 1.54) is 16.5 Å². The van der Waals surface area contributed by atoms with Gasteiger partial charge in [0.05, 0.1) is 29.5 Å². The zero-order valence-electron chi connectivity index (χ0n) is 18.1. The molecule has 4 heterocycles. The summed E-state index contributed by atoms with van der Waals surface area (Å²) in [5, 5.41) is 7.69. The minimum absolute atomic E-state index is 0.683. The summed E-state index contributed by atoms with van der Waals surface area (Å²) in [6.07, 6.45) is 5.88. The highest BCUT2D eigenvalue weighted by molar-refractivity contribution is 6.32. The molecule has 0 unspecified atom stereocenters. The summed E-state index contributed by atoms with van der Waals surface area (Å²) >= 11 is 6.58. The number of hydrogen-bond acceptors (Lipinski definition) is 3. The molecule has 5 rings (SSSR count). The van der Waals surface area contributed by atoms with E-state index in [0.29, 0.717) is 6.54 Å². The second kappa shape index (κ2) is 7.50. The molecule has 0 atom stereocenters. The lowest BCUT2D eigenvalue weighted by Crippen LogP contribution is -2.03. The van der Waals surface area contributed by atoms with Crippen molar-refractivity contribution in [2.45, 2.75) is 40.8 Å². The summed E-state index contributed by atoms with van der Waals surface area (Å²) in [5.41, 5.74) is 8.73. The Balaban J connectivity index is 1.67. The van der Waals surface area contributed by atoms with Crippen LogP contribution in [0, 0.1) is 20.8 Å². The Kier molecular flexibility index (Phi) is 4.78. The van der Waals surface area contributed by atoms with Crippen molar-refractivity contribution in [2.24, 2.45) is 0 Å². The van der Waals surface area contributed by atoms with Crippen LogP contribution in [0.3, 0.4) is 0 Å². The van der Waals surface area contributed by atoms with E-state index in [2.05, 4.69) is 57.9 Å². The summed E-state index contributed by atoms with van der Waals surface area (Å²) in [7, 11) is 0. The van der Waals surface area contributed by atoms with E-state index in [1.807, 2.05) is 43.1 Å². The maximum atomic E-state index is 6.58. The van der Waals surface area contributed by atoms with Crippen molar-refractivity contribution in [1.82, 2.24) is 24.3 Å². The van der Waals surface area contributed by atoms with Gasteiger partial charge < -0.3 is 4.57 Å². The first-order valence-corrected chi connectivity index (χ1v) is 10.9. The molecule has 0 aliphatic rings. The summed E-state index contributed by atoms with van der Waals surface area (Å²) < 4.78 is 4.30. The number of hydrogen-bond donors (Lipinski definition) is 0. The number of rotatable bonds is 4. The standard InChI is InChI=1S/C25H24ClN5/c1-5-31-24-17(4)27-9-8-21(24)23-11-20(26)10-22(25(23)31)19-12-28-30(14-19)13-18-7-6-15(2)29-16(18)3/h6-12,14H,5,13H2,1-4H3. The first-order chi connectivity index (χ1) is 15.0. The van der Waals surface area contributed by atoms with Gasteiger partial charge in [0.2, 0.25) is 0 Å². The number of aryl methyl sites for hydroxylation is 4. The first kappa shape index (κ1) is 19.8. The van der Waals surface area contributed by atoms with Crippen LogP contribution < -0.4 is 0 Å².